The molecule has 0 aliphatic carbocycles. The van der Waals surface area contributed by atoms with Crippen LogP contribution < -0.4 is 5.73 Å². The van der Waals surface area contributed by atoms with Crippen molar-refractivity contribution in [2.24, 2.45) is 5.73 Å². The monoisotopic (exact) mass is 298 g/mol. The Morgan fingerprint density at radius 1 is 1.47 bits per heavy atom. The molecular weight excluding hydrogens is 287 g/mol. The minimum absolute atomic E-state index is 0.177. The molecule has 0 spiro atoms. The fraction of sp³-hybridized carbons (Fsp3) is 0.250. The predicted octanol–water partition coefficient (Wildman–Crippen LogP) is 3.65. The molecule has 3 nitrogen and oxygen atoms in total. The van der Waals surface area contributed by atoms with Gasteiger partial charge in [-0.05, 0) is 24.6 Å². The van der Waals surface area contributed by atoms with Gasteiger partial charge in [-0.2, -0.15) is 0 Å². The maximum absolute atomic E-state index is 13.2. The molecule has 0 saturated heterocycles. The fourth-order valence-corrected chi connectivity index (χ4v) is 1.94. The SMILES string of the molecule is CCC(N)c1cc(-c2cc(F)ccc2Br)no1. The van der Waals surface area contributed by atoms with Crippen molar-refractivity contribution in [1.82, 2.24) is 5.16 Å². The lowest BCUT2D eigenvalue weighted by Crippen LogP contribution is -2.06. The van der Waals surface area contributed by atoms with E-state index >= 15 is 0 Å². The highest BCUT2D eigenvalue weighted by Crippen LogP contribution is 2.29. The standard InChI is InChI=1S/C12H12BrFN2O/c1-2-10(15)12-6-11(16-17-12)8-5-7(14)3-4-9(8)13/h3-6,10H,2,15H2,1H3. The maximum atomic E-state index is 13.2. The van der Waals surface area contributed by atoms with Gasteiger partial charge in [-0.1, -0.05) is 28.0 Å². The molecule has 0 aliphatic rings. The van der Waals surface area contributed by atoms with Crippen LogP contribution >= 0.6 is 15.9 Å². The molecular formula is C12H12BrFN2O. The van der Waals surface area contributed by atoms with E-state index in [1.54, 1.807) is 12.1 Å². The van der Waals surface area contributed by atoms with Crippen molar-refractivity contribution in [2.75, 3.05) is 0 Å². The van der Waals surface area contributed by atoms with Crippen LogP contribution in [0.4, 0.5) is 4.39 Å². The molecule has 0 bridgehead atoms. The molecule has 2 aromatic rings. The molecule has 0 amide bonds. The van der Waals surface area contributed by atoms with Gasteiger partial charge < -0.3 is 10.3 Å². The van der Waals surface area contributed by atoms with Crippen molar-refractivity contribution < 1.29 is 8.91 Å². The van der Waals surface area contributed by atoms with Crippen molar-refractivity contribution >= 4 is 15.9 Å². The molecule has 17 heavy (non-hydrogen) atoms. The zero-order valence-corrected chi connectivity index (χ0v) is 10.9. The topological polar surface area (TPSA) is 52.0 Å². The molecule has 1 heterocycles. The van der Waals surface area contributed by atoms with Crippen molar-refractivity contribution in [1.29, 1.82) is 0 Å². The molecule has 0 radical (unpaired) electrons. The first-order chi connectivity index (χ1) is 8.11. The Kier molecular flexibility index (Phi) is 3.59. The average Bonchev–Trinajstić information content (AvgIpc) is 2.80. The van der Waals surface area contributed by atoms with Crippen LogP contribution in [0, 0.1) is 5.82 Å². The van der Waals surface area contributed by atoms with Crippen LogP contribution in [0.1, 0.15) is 25.1 Å². The summed E-state index contributed by atoms with van der Waals surface area (Å²) in [5.41, 5.74) is 7.07. The summed E-state index contributed by atoms with van der Waals surface area (Å²) in [7, 11) is 0. The van der Waals surface area contributed by atoms with Gasteiger partial charge in [0.15, 0.2) is 5.76 Å². The third-order valence-electron chi connectivity index (χ3n) is 2.54. The molecule has 5 heteroatoms. The summed E-state index contributed by atoms with van der Waals surface area (Å²) >= 11 is 3.35. The molecule has 0 saturated carbocycles. The van der Waals surface area contributed by atoms with Gasteiger partial charge in [0.05, 0.1) is 6.04 Å². The highest BCUT2D eigenvalue weighted by Gasteiger charge is 2.14. The van der Waals surface area contributed by atoms with Crippen molar-refractivity contribution in [3.05, 3.63) is 40.3 Å². The molecule has 2 N–H and O–H groups in total. The zero-order chi connectivity index (χ0) is 12.4. The van der Waals surface area contributed by atoms with Gasteiger partial charge in [-0.3, -0.25) is 0 Å². The van der Waals surface area contributed by atoms with Crippen molar-refractivity contribution in [3.8, 4) is 11.3 Å². The molecule has 1 unspecified atom stereocenters. The Morgan fingerprint density at radius 2 is 2.24 bits per heavy atom. The van der Waals surface area contributed by atoms with Gasteiger partial charge in [0.25, 0.3) is 0 Å². The quantitative estimate of drug-likeness (QED) is 0.941. The smallest absolute Gasteiger partial charge is 0.154 e. The van der Waals surface area contributed by atoms with Crippen LogP contribution in [0.5, 0.6) is 0 Å². The first-order valence-electron chi connectivity index (χ1n) is 5.29. The van der Waals surface area contributed by atoms with E-state index < -0.39 is 0 Å². The fourth-order valence-electron chi connectivity index (χ4n) is 1.49. The first-order valence-corrected chi connectivity index (χ1v) is 6.08. The Hall–Kier alpha value is -1.20. The van der Waals surface area contributed by atoms with Gasteiger partial charge in [0.2, 0.25) is 0 Å². The second-order valence-corrected chi connectivity index (χ2v) is 4.61. The number of hydrogen-bond donors (Lipinski definition) is 1. The molecule has 0 fully saturated rings. The summed E-state index contributed by atoms with van der Waals surface area (Å²) in [6.45, 7) is 1.96. The van der Waals surface area contributed by atoms with Gasteiger partial charge >= 0.3 is 0 Å². The van der Waals surface area contributed by atoms with E-state index in [0.29, 0.717) is 17.0 Å². The summed E-state index contributed by atoms with van der Waals surface area (Å²) in [6, 6.07) is 5.99. The van der Waals surface area contributed by atoms with Crippen molar-refractivity contribution in [2.45, 2.75) is 19.4 Å². The Morgan fingerprint density at radius 3 is 2.94 bits per heavy atom. The van der Waals surface area contributed by atoms with E-state index in [2.05, 4.69) is 21.1 Å². The molecule has 0 aliphatic heterocycles. The third-order valence-corrected chi connectivity index (χ3v) is 3.23. The van der Waals surface area contributed by atoms with Gasteiger partial charge in [0, 0.05) is 16.1 Å². The van der Waals surface area contributed by atoms with Gasteiger partial charge in [-0.25, -0.2) is 4.39 Å². The highest BCUT2D eigenvalue weighted by molar-refractivity contribution is 9.10. The van der Waals surface area contributed by atoms with E-state index in [1.165, 1.54) is 12.1 Å². The van der Waals surface area contributed by atoms with Crippen LogP contribution in [0.25, 0.3) is 11.3 Å². The lowest BCUT2D eigenvalue weighted by Gasteiger charge is -2.01. The van der Waals surface area contributed by atoms with Crippen LogP contribution in [0.15, 0.2) is 33.3 Å². The summed E-state index contributed by atoms with van der Waals surface area (Å²) < 4.78 is 19.1. The predicted molar refractivity (Wildman–Crippen MR) is 66.8 cm³/mol. The summed E-state index contributed by atoms with van der Waals surface area (Å²) in [4.78, 5) is 0. The largest absolute Gasteiger partial charge is 0.359 e. The summed E-state index contributed by atoms with van der Waals surface area (Å²) in [5, 5.41) is 3.91. The van der Waals surface area contributed by atoms with E-state index in [-0.39, 0.29) is 11.9 Å². The summed E-state index contributed by atoms with van der Waals surface area (Å²) in [6.07, 6.45) is 0.763. The Bertz CT molecular complexity index is 527. The molecule has 1 atom stereocenters. The highest BCUT2D eigenvalue weighted by atomic mass is 79.9. The first kappa shape index (κ1) is 12.3. The minimum atomic E-state index is -0.312. The number of hydrogen-bond acceptors (Lipinski definition) is 3. The number of aromatic nitrogens is 1. The lowest BCUT2D eigenvalue weighted by molar-refractivity contribution is 0.360. The van der Waals surface area contributed by atoms with E-state index in [1.807, 2.05) is 6.92 Å². The van der Waals surface area contributed by atoms with Crippen LogP contribution in [-0.2, 0) is 0 Å². The van der Waals surface area contributed by atoms with Crippen LogP contribution in [0.2, 0.25) is 0 Å². The van der Waals surface area contributed by atoms with Gasteiger partial charge in [0.1, 0.15) is 11.5 Å². The number of nitrogens with two attached hydrogens (primary N) is 1. The minimum Gasteiger partial charge on any atom is -0.359 e. The third kappa shape index (κ3) is 2.56. The Balaban J connectivity index is 2.40. The molecule has 1 aromatic heterocycles. The maximum Gasteiger partial charge on any atom is 0.154 e. The zero-order valence-electron chi connectivity index (χ0n) is 9.28. The lowest BCUT2D eigenvalue weighted by atomic mass is 10.1. The van der Waals surface area contributed by atoms with Crippen LogP contribution in [-0.4, -0.2) is 5.16 Å². The van der Waals surface area contributed by atoms with E-state index in [0.717, 1.165) is 10.9 Å². The molecule has 2 rings (SSSR count). The van der Waals surface area contributed by atoms with Crippen LogP contribution in [0.3, 0.4) is 0 Å². The van der Waals surface area contributed by atoms with E-state index in [9.17, 15) is 4.39 Å². The number of nitrogens with zero attached hydrogens (tertiary/aromatic N) is 1. The average molecular weight is 299 g/mol. The molecule has 1 aromatic carbocycles. The van der Waals surface area contributed by atoms with E-state index in [4.69, 9.17) is 10.3 Å². The number of rotatable bonds is 3. The number of halogens is 2. The Labute approximate surface area is 107 Å². The second kappa shape index (κ2) is 4.98. The number of benzene rings is 1. The summed E-state index contributed by atoms with van der Waals surface area (Å²) in [5.74, 6) is 0.297. The van der Waals surface area contributed by atoms with Gasteiger partial charge in [-0.15, -0.1) is 0 Å². The molecule has 90 valence electrons. The normalized spacial score (nSPS) is 12.7. The van der Waals surface area contributed by atoms with Crippen molar-refractivity contribution in [3.63, 3.8) is 0 Å². The second-order valence-electron chi connectivity index (χ2n) is 3.75.